The zero-order chi connectivity index (χ0) is 13.2. The predicted octanol–water partition coefficient (Wildman–Crippen LogP) is 0.537. The van der Waals surface area contributed by atoms with Gasteiger partial charge in [0.2, 0.25) is 0 Å². The van der Waals surface area contributed by atoms with E-state index in [1.165, 1.54) is 5.69 Å². The minimum atomic E-state index is 0.362. The number of likely N-dealkylation sites (N-methyl/N-ethyl adjacent to an activating group) is 1. The van der Waals surface area contributed by atoms with Crippen LogP contribution in [0, 0.1) is 0 Å². The first-order chi connectivity index (χ1) is 9.28. The van der Waals surface area contributed by atoms with E-state index in [0.29, 0.717) is 25.8 Å². The third-order valence-electron chi connectivity index (χ3n) is 3.82. The summed E-state index contributed by atoms with van der Waals surface area (Å²) in [5, 5.41) is 0. The van der Waals surface area contributed by atoms with Gasteiger partial charge in [-0.2, -0.15) is 0 Å². The van der Waals surface area contributed by atoms with E-state index in [-0.39, 0.29) is 0 Å². The molecule has 1 aromatic rings. The van der Waals surface area contributed by atoms with Crippen LogP contribution in [0.15, 0.2) is 18.2 Å². The van der Waals surface area contributed by atoms with Crippen molar-refractivity contribution in [3.8, 4) is 11.5 Å². The smallest absolute Gasteiger partial charge is 0.163 e. The van der Waals surface area contributed by atoms with Crippen molar-refractivity contribution >= 4 is 5.69 Å². The molecule has 2 aliphatic heterocycles. The fraction of sp³-hybridized carbons (Fsp3) is 0.571. The fourth-order valence-electron chi connectivity index (χ4n) is 2.76. The van der Waals surface area contributed by atoms with E-state index in [2.05, 4.69) is 29.0 Å². The molecule has 1 fully saturated rings. The Balaban J connectivity index is 1.84. The summed E-state index contributed by atoms with van der Waals surface area (Å²) in [7, 11) is 2.14. The molecule has 3 rings (SSSR count). The van der Waals surface area contributed by atoms with Crippen LogP contribution in [0.2, 0.25) is 0 Å². The number of nitrogens with zero attached hydrogens (tertiary/aromatic N) is 2. The topological polar surface area (TPSA) is 51.0 Å². The maximum absolute atomic E-state index is 5.91. The third-order valence-corrected chi connectivity index (χ3v) is 3.82. The largest absolute Gasteiger partial charge is 0.486 e. The molecule has 104 valence electrons. The van der Waals surface area contributed by atoms with Crippen LogP contribution in [0.3, 0.4) is 0 Å². The Bertz CT molecular complexity index is 452. The Labute approximate surface area is 113 Å². The van der Waals surface area contributed by atoms with Crippen LogP contribution in [0.25, 0.3) is 0 Å². The second-order valence-electron chi connectivity index (χ2n) is 5.17. The molecule has 1 unspecified atom stereocenters. The van der Waals surface area contributed by atoms with E-state index in [1.54, 1.807) is 0 Å². The minimum Gasteiger partial charge on any atom is -0.486 e. The Morgan fingerprint density at radius 3 is 2.79 bits per heavy atom. The van der Waals surface area contributed by atoms with Crippen molar-refractivity contribution in [1.82, 2.24) is 4.90 Å². The average Bonchev–Trinajstić information content (AvgIpc) is 2.46. The summed E-state index contributed by atoms with van der Waals surface area (Å²) in [6, 6.07) is 6.53. The van der Waals surface area contributed by atoms with Gasteiger partial charge in [0.15, 0.2) is 11.5 Å². The quantitative estimate of drug-likeness (QED) is 0.844. The lowest BCUT2D eigenvalue weighted by atomic mass is 10.1. The molecule has 2 heterocycles. The van der Waals surface area contributed by atoms with Crippen LogP contribution in [0.1, 0.15) is 0 Å². The van der Waals surface area contributed by atoms with Crippen molar-refractivity contribution in [2.75, 3.05) is 51.3 Å². The van der Waals surface area contributed by atoms with Gasteiger partial charge in [-0.1, -0.05) is 0 Å². The van der Waals surface area contributed by atoms with E-state index in [9.17, 15) is 0 Å². The molecule has 2 aliphatic rings. The Morgan fingerprint density at radius 1 is 1.21 bits per heavy atom. The number of ether oxygens (including phenoxy) is 2. The number of hydrogen-bond acceptors (Lipinski definition) is 5. The van der Waals surface area contributed by atoms with Crippen LogP contribution < -0.4 is 20.1 Å². The molecule has 2 N–H and O–H groups in total. The summed E-state index contributed by atoms with van der Waals surface area (Å²) < 4.78 is 11.2. The zero-order valence-corrected chi connectivity index (χ0v) is 11.3. The molecule has 1 atom stereocenters. The second kappa shape index (κ2) is 5.27. The van der Waals surface area contributed by atoms with Crippen LogP contribution in [-0.2, 0) is 0 Å². The summed E-state index contributed by atoms with van der Waals surface area (Å²) in [4.78, 5) is 4.70. The van der Waals surface area contributed by atoms with Gasteiger partial charge >= 0.3 is 0 Å². The van der Waals surface area contributed by atoms with Gasteiger partial charge in [-0.15, -0.1) is 0 Å². The van der Waals surface area contributed by atoms with Gasteiger partial charge in [0.25, 0.3) is 0 Å². The average molecular weight is 263 g/mol. The van der Waals surface area contributed by atoms with Crippen molar-refractivity contribution in [3.05, 3.63) is 18.2 Å². The van der Waals surface area contributed by atoms with E-state index in [4.69, 9.17) is 15.2 Å². The molecule has 0 bridgehead atoms. The van der Waals surface area contributed by atoms with E-state index in [0.717, 1.165) is 31.1 Å². The molecule has 1 aromatic carbocycles. The number of nitrogens with two attached hydrogens (primary N) is 1. The summed E-state index contributed by atoms with van der Waals surface area (Å²) in [5.74, 6) is 1.69. The molecule has 0 amide bonds. The number of piperazine rings is 1. The van der Waals surface area contributed by atoms with E-state index in [1.807, 2.05) is 6.07 Å². The predicted molar refractivity (Wildman–Crippen MR) is 75.1 cm³/mol. The lowest BCUT2D eigenvalue weighted by Gasteiger charge is -2.41. The lowest BCUT2D eigenvalue weighted by Crippen LogP contribution is -2.55. The van der Waals surface area contributed by atoms with Crippen molar-refractivity contribution in [3.63, 3.8) is 0 Å². The van der Waals surface area contributed by atoms with Crippen molar-refractivity contribution in [2.24, 2.45) is 5.73 Å². The molecule has 5 nitrogen and oxygen atoms in total. The minimum absolute atomic E-state index is 0.362. The molecule has 5 heteroatoms. The highest BCUT2D eigenvalue weighted by Crippen LogP contribution is 2.34. The van der Waals surface area contributed by atoms with Crippen LogP contribution in [0.5, 0.6) is 11.5 Å². The Kier molecular flexibility index (Phi) is 3.48. The van der Waals surface area contributed by atoms with Gasteiger partial charge in [0.1, 0.15) is 13.2 Å². The van der Waals surface area contributed by atoms with Gasteiger partial charge in [-0.25, -0.2) is 0 Å². The normalized spacial score (nSPS) is 23.5. The molecule has 0 radical (unpaired) electrons. The van der Waals surface area contributed by atoms with Crippen molar-refractivity contribution in [2.45, 2.75) is 6.04 Å². The number of anilines is 1. The van der Waals surface area contributed by atoms with Crippen LogP contribution >= 0.6 is 0 Å². The molecular weight excluding hydrogens is 242 g/mol. The van der Waals surface area contributed by atoms with Crippen LogP contribution in [0.4, 0.5) is 5.69 Å². The van der Waals surface area contributed by atoms with Gasteiger partial charge < -0.3 is 25.0 Å². The maximum Gasteiger partial charge on any atom is 0.163 e. The van der Waals surface area contributed by atoms with Gasteiger partial charge in [0, 0.05) is 37.9 Å². The zero-order valence-electron chi connectivity index (χ0n) is 11.3. The van der Waals surface area contributed by atoms with E-state index < -0.39 is 0 Å². The van der Waals surface area contributed by atoms with Crippen LogP contribution in [-0.4, -0.2) is 57.4 Å². The van der Waals surface area contributed by atoms with Gasteiger partial charge in [0.05, 0.1) is 6.04 Å². The number of hydrogen-bond donors (Lipinski definition) is 1. The summed E-state index contributed by atoms with van der Waals surface area (Å²) in [6.07, 6.45) is 0. The monoisotopic (exact) mass is 263 g/mol. The first kappa shape index (κ1) is 12.6. The number of rotatable bonds is 2. The first-order valence-corrected chi connectivity index (χ1v) is 6.83. The summed E-state index contributed by atoms with van der Waals surface area (Å²) >= 11 is 0. The number of benzene rings is 1. The highest BCUT2D eigenvalue weighted by Gasteiger charge is 2.25. The SMILES string of the molecule is CN1CCN(c2ccc3c(c2)OCCO3)C(CN)C1. The number of fused-ring (bicyclic) bond motifs is 1. The first-order valence-electron chi connectivity index (χ1n) is 6.83. The Morgan fingerprint density at radius 2 is 2.00 bits per heavy atom. The highest BCUT2D eigenvalue weighted by atomic mass is 16.6. The molecular formula is C14H21N3O2. The maximum atomic E-state index is 5.91. The molecule has 1 saturated heterocycles. The Hall–Kier alpha value is -1.46. The van der Waals surface area contributed by atoms with Gasteiger partial charge in [-0.05, 0) is 19.2 Å². The third kappa shape index (κ3) is 2.48. The molecule has 0 aliphatic carbocycles. The fourth-order valence-corrected chi connectivity index (χ4v) is 2.76. The standard InChI is InChI=1S/C14H21N3O2/c1-16-4-5-17(12(9-15)10-16)11-2-3-13-14(8-11)19-7-6-18-13/h2-3,8,12H,4-7,9-10,15H2,1H3. The summed E-state index contributed by atoms with van der Waals surface area (Å²) in [5.41, 5.74) is 7.08. The highest BCUT2D eigenvalue weighted by molar-refractivity contribution is 5.57. The molecule has 0 spiro atoms. The van der Waals surface area contributed by atoms with Gasteiger partial charge in [-0.3, -0.25) is 0 Å². The molecule has 19 heavy (non-hydrogen) atoms. The lowest BCUT2D eigenvalue weighted by molar-refractivity contribution is 0.171. The van der Waals surface area contributed by atoms with Crippen molar-refractivity contribution < 1.29 is 9.47 Å². The molecule has 0 saturated carbocycles. The summed E-state index contributed by atoms with van der Waals surface area (Å²) in [6.45, 7) is 4.98. The van der Waals surface area contributed by atoms with E-state index >= 15 is 0 Å². The van der Waals surface area contributed by atoms with Crippen molar-refractivity contribution in [1.29, 1.82) is 0 Å². The molecule has 0 aromatic heterocycles. The second-order valence-corrected chi connectivity index (χ2v) is 5.17.